The second-order valence-corrected chi connectivity index (χ2v) is 28.6. The van der Waals surface area contributed by atoms with Crippen LogP contribution in [0.5, 0.6) is 0 Å². The molecule has 1 aromatic carbocycles. The van der Waals surface area contributed by atoms with Gasteiger partial charge in [0.15, 0.2) is 18.9 Å². The van der Waals surface area contributed by atoms with E-state index in [2.05, 4.69) is 37.2 Å². The van der Waals surface area contributed by atoms with E-state index in [4.69, 9.17) is 90.0 Å². The lowest BCUT2D eigenvalue weighted by Crippen LogP contribution is -2.58. The third-order valence-corrected chi connectivity index (χ3v) is 19.3. The summed E-state index contributed by atoms with van der Waals surface area (Å²) in [6.07, 6.45) is -4.69. The summed E-state index contributed by atoms with van der Waals surface area (Å²) in [6.45, 7) is 21.9. The summed E-state index contributed by atoms with van der Waals surface area (Å²) in [5.74, 6) is -4.70. The second kappa shape index (κ2) is 57.8. The third kappa shape index (κ3) is 42.7. The topological polar surface area (TPSA) is 447 Å². The molecule has 3 saturated heterocycles. The molecule has 7 amide bonds. The van der Waals surface area contributed by atoms with Gasteiger partial charge in [0, 0.05) is 86.9 Å². The third-order valence-electron chi connectivity index (χ3n) is 19.3. The molecule has 3 heterocycles. The molecule has 0 aliphatic carbocycles. The van der Waals surface area contributed by atoms with Crippen LogP contribution in [0.15, 0.2) is 30.3 Å². The monoisotopic (exact) mass is 1640 g/mol. The van der Waals surface area contributed by atoms with Crippen LogP contribution in [-0.4, -0.2) is 304 Å². The van der Waals surface area contributed by atoms with Crippen LogP contribution in [0.3, 0.4) is 0 Å². The van der Waals surface area contributed by atoms with Crippen molar-refractivity contribution in [2.24, 2.45) is 35.5 Å². The number of carbonyl (C=O) groups excluding carboxylic acids is 11. The van der Waals surface area contributed by atoms with Crippen LogP contribution < -0.4 is 37.2 Å². The molecule has 0 radical (unpaired) electrons. The van der Waals surface area contributed by atoms with Gasteiger partial charge in [0.1, 0.15) is 32.0 Å². The second-order valence-electron chi connectivity index (χ2n) is 28.6. The molecule has 656 valence electrons. The summed E-state index contributed by atoms with van der Waals surface area (Å²) >= 11 is 0. The quantitative estimate of drug-likeness (QED) is 0.0274. The highest BCUT2D eigenvalue weighted by Crippen LogP contribution is 2.35. The van der Waals surface area contributed by atoms with Crippen molar-refractivity contribution < 1.29 is 143 Å². The molecule has 1 aromatic rings. The number of carbonyl (C=O) groups is 11. The first kappa shape index (κ1) is 100. The molecule has 6 unspecified atom stereocenters. The summed E-state index contributed by atoms with van der Waals surface area (Å²) in [5.41, 5.74) is -0.759. The predicted molar refractivity (Wildman–Crippen MR) is 408 cm³/mol. The Morgan fingerprint density at radius 1 is 0.339 bits per heavy atom. The lowest BCUT2D eigenvalue weighted by atomic mass is 9.82. The van der Waals surface area contributed by atoms with E-state index in [9.17, 15) is 52.7 Å². The van der Waals surface area contributed by atoms with E-state index in [1.807, 2.05) is 47.6 Å². The fourth-order valence-electron chi connectivity index (χ4n) is 12.4. The predicted octanol–water partition coefficient (Wildman–Crippen LogP) is 1.28. The molecule has 3 fully saturated rings. The largest absolute Gasteiger partial charge is 0.463 e. The van der Waals surface area contributed by atoms with E-state index in [-0.39, 0.29) is 288 Å². The average Bonchev–Trinajstić information content (AvgIpc) is 0.802. The molecule has 3 aliphatic rings. The molecule has 0 spiro atoms. The van der Waals surface area contributed by atoms with E-state index in [0.29, 0.717) is 0 Å². The lowest BCUT2D eigenvalue weighted by Gasteiger charge is -2.44. The zero-order valence-corrected chi connectivity index (χ0v) is 69.1. The molecule has 7 N–H and O–H groups in total. The molecule has 0 aromatic heterocycles. The van der Waals surface area contributed by atoms with Crippen molar-refractivity contribution in [3.63, 3.8) is 0 Å². The van der Waals surface area contributed by atoms with Gasteiger partial charge in [-0.05, 0) is 41.1 Å². The summed E-state index contributed by atoms with van der Waals surface area (Å²) < 4.78 is 110. The Hall–Kier alpha value is -7.21. The van der Waals surface area contributed by atoms with Crippen molar-refractivity contribution in [2.75, 3.05) is 178 Å². The van der Waals surface area contributed by atoms with Crippen molar-refractivity contribution in [2.45, 2.75) is 183 Å². The minimum Gasteiger partial charge on any atom is -0.463 e. The molecule has 115 heavy (non-hydrogen) atoms. The van der Waals surface area contributed by atoms with Crippen LogP contribution in [-0.2, 0) is 149 Å². The van der Waals surface area contributed by atoms with Gasteiger partial charge >= 0.3 is 23.9 Å². The zero-order valence-electron chi connectivity index (χ0n) is 69.1. The zero-order chi connectivity index (χ0) is 84.3. The van der Waals surface area contributed by atoms with Crippen molar-refractivity contribution in [3.8, 4) is 0 Å². The van der Waals surface area contributed by atoms with Crippen LogP contribution in [0.4, 0.5) is 0 Å². The van der Waals surface area contributed by atoms with E-state index in [0.717, 1.165) is 5.56 Å². The molecule has 0 saturated carbocycles. The van der Waals surface area contributed by atoms with E-state index >= 15 is 0 Å². The number of hydrogen-bond donors (Lipinski definition) is 7. The van der Waals surface area contributed by atoms with Crippen molar-refractivity contribution in [3.05, 3.63) is 35.9 Å². The van der Waals surface area contributed by atoms with Gasteiger partial charge in [0.05, 0.1) is 182 Å². The van der Waals surface area contributed by atoms with E-state index in [1.165, 1.54) is 41.5 Å². The Labute approximate surface area is 674 Å². The van der Waals surface area contributed by atoms with Crippen LogP contribution in [0.25, 0.3) is 0 Å². The standard InChI is InChI=1S/C78H129N7O30/c1-51-54(4)72(82-57(7)86)75(113-64(51)45-109-60(10)89)106-41-38-100-35-32-97-29-23-79-67(92)20-26-103-48-78(85-70(95)18-19-71(96)112-44-63-16-14-13-15-17-63,49-104-27-21-68(93)80-24-30-98-33-36-101-39-42-107-76-73(83-58(8)87)55(5)52(2)65(114-76)46-110-61(11)90)50-105-28-22-69(94)81-25-31-99-34-37-102-40-43-108-77-74(84-59(9)88)56(6)53(3)66(115-77)47-111-62(12)91/h13-17,51-56,64-66,72-77H,18-50H2,1-12H3,(H,79,92)(H,80,93)(H,81,94)(H,82,86)(H,83,87)(H,84,88)(H,85,95)/t51-,52-,53-,54+,55+,56+,64?,65?,66?,72?,73?,74?,75-,76-,77-,78?/m1/s1. The number of esters is 4. The first-order valence-electron chi connectivity index (χ1n) is 39.6. The number of hydrogen-bond acceptors (Lipinski definition) is 30. The van der Waals surface area contributed by atoms with Gasteiger partial charge in [0.2, 0.25) is 41.4 Å². The average molecular weight is 1640 g/mol. The first-order valence-corrected chi connectivity index (χ1v) is 39.6. The van der Waals surface area contributed by atoms with Gasteiger partial charge < -0.3 is 127 Å². The number of amides is 7. The molecule has 4 rings (SSSR count). The first-order chi connectivity index (χ1) is 55.1. The van der Waals surface area contributed by atoms with Gasteiger partial charge in [0.25, 0.3) is 0 Å². The molecular formula is C78H129N7O30. The SMILES string of the molecule is CC(=O)NC1[C@H](OCCOCCOCCNC(=O)CCOCC(COCCC(=O)NCCOCCOCCO[C@@H]2OC(COC(C)=O)[C@H](C)[C@H](C)C2NC(C)=O)(COCCC(=O)NCCOCCOCCO[C@@H]2OC(COC(C)=O)[C@H](C)[C@H](C)C2NC(C)=O)NC(=O)CCC(=O)OCc2ccccc2)OC(COC(C)=O)[C@H](C)[C@@H]1C. The smallest absolute Gasteiger partial charge is 0.306 e. The van der Waals surface area contributed by atoms with Crippen LogP contribution in [0, 0.1) is 35.5 Å². The fourth-order valence-corrected chi connectivity index (χ4v) is 12.4. The summed E-state index contributed by atoms with van der Waals surface area (Å²) in [4.78, 5) is 137. The number of nitrogens with one attached hydrogen (secondary N) is 7. The molecule has 37 heteroatoms. The Kier molecular flexibility index (Phi) is 50.3. The van der Waals surface area contributed by atoms with Crippen LogP contribution in [0.1, 0.15) is 121 Å². The van der Waals surface area contributed by atoms with E-state index < -0.39 is 90.6 Å². The van der Waals surface area contributed by atoms with Gasteiger partial charge in [-0.25, -0.2) is 0 Å². The highest BCUT2D eigenvalue weighted by atomic mass is 16.7. The van der Waals surface area contributed by atoms with Gasteiger partial charge in [-0.3, -0.25) is 52.7 Å². The van der Waals surface area contributed by atoms with Gasteiger partial charge in [-0.2, -0.15) is 0 Å². The van der Waals surface area contributed by atoms with Crippen molar-refractivity contribution >= 4 is 65.2 Å². The summed E-state index contributed by atoms with van der Waals surface area (Å²) in [5, 5.41) is 20.0. The minimum absolute atomic E-state index is 0.00654. The number of rotatable bonds is 60. The minimum atomic E-state index is -1.51. The highest BCUT2D eigenvalue weighted by Gasteiger charge is 2.46. The summed E-state index contributed by atoms with van der Waals surface area (Å²) in [7, 11) is 0. The molecule has 15 atom stereocenters. The van der Waals surface area contributed by atoms with Gasteiger partial charge in [-0.1, -0.05) is 71.9 Å². The normalized spacial score (nSPS) is 23.7. The Morgan fingerprint density at radius 2 is 0.643 bits per heavy atom. The summed E-state index contributed by atoms with van der Waals surface area (Å²) in [6, 6.07) is 7.68. The maximum Gasteiger partial charge on any atom is 0.306 e. The Balaban J connectivity index is 1.28. The maximum absolute atomic E-state index is 13.9. The van der Waals surface area contributed by atoms with E-state index in [1.54, 1.807) is 24.3 Å². The van der Waals surface area contributed by atoms with Gasteiger partial charge in [-0.15, -0.1) is 0 Å². The maximum atomic E-state index is 13.9. The Bertz CT molecular complexity index is 2760. The molecular weight excluding hydrogens is 1510 g/mol. The Morgan fingerprint density at radius 3 is 0.948 bits per heavy atom. The number of ether oxygens (including phenoxy) is 19. The van der Waals surface area contributed by atoms with Crippen LogP contribution in [0.2, 0.25) is 0 Å². The molecule has 0 bridgehead atoms. The lowest BCUT2D eigenvalue weighted by molar-refractivity contribution is -0.247. The molecule has 37 nitrogen and oxygen atoms in total. The highest BCUT2D eigenvalue weighted by molar-refractivity contribution is 5.82. The van der Waals surface area contributed by atoms with Crippen molar-refractivity contribution in [1.29, 1.82) is 0 Å². The molecule has 3 aliphatic heterocycles. The van der Waals surface area contributed by atoms with Crippen LogP contribution >= 0.6 is 0 Å². The van der Waals surface area contributed by atoms with Crippen molar-refractivity contribution in [1.82, 2.24) is 37.2 Å². The fraction of sp³-hybridized carbons (Fsp3) is 0.782. The number of benzene rings is 1.